The van der Waals surface area contributed by atoms with E-state index in [-0.39, 0.29) is 25.0 Å². The molecule has 1 saturated heterocycles. The molecule has 6 nitrogen and oxygen atoms in total. The van der Waals surface area contributed by atoms with Crippen molar-refractivity contribution in [2.75, 3.05) is 19.7 Å². The van der Waals surface area contributed by atoms with Gasteiger partial charge in [0.25, 0.3) is 5.91 Å². The van der Waals surface area contributed by atoms with E-state index in [9.17, 15) is 15.0 Å². The van der Waals surface area contributed by atoms with Gasteiger partial charge in [-0.2, -0.15) is 0 Å². The summed E-state index contributed by atoms with van der Waals surface area (Å²) in [7, 11) is 0. The number of hydrogen-bond acceptors (Lipinski definition) is 5. The number of aromatic nitrogens is 1. The number of carbonyl (C=O) groups is 1. The van der Waals surface area contributed by atoms with E-state index in [0.29, 0.717) is 36.7 Å². The third-order valence-electron chi connectivity index (χ3n) is 3.65. The van der Waals surface area contributed by atoms with Gasteiger partial charge in [0.15, 0.2) is 11.6 Å². The first kappa shape index (κ1) is 15.0. The maximum atomic E-state index is 12.5. The van der Waals surface area contributed by atoms with E-state index >= 15 is 0 Å². The molecule has 1 fully saturated rings. The van der Waals surface area contributed by atoms with Crippen molar-refractivity contribution in [3.05, 3.63) is 17.3 Å². The van der Waals surface area contributed by atoms with E-state index in [2.05, 4.69) is 4.98 Å². The van der Waals surface area contributed by atoms with E-state index in [0.717, 1.165) is 0 Å². The van der Waals surface area contributed by atoms with Gasteiger partial charge in [-0.3, -0.25) is 4.79 Å². The fourth-order valence-corrected chi connectivity index (χ4v) is 2.43. The predicted octanol–water partition coefficient (Wildman–Crippen LogP) is 1.07. The Balaban J connectivity index is 2.19. The Labute approximate surface area is 118 Å². The van der Waals surface area contributed by atoms with Crippen LogP contribution < -0.4 is 0 Å². The summed E-state index contributed by atoms with van der Waals surface area (Å²) in [5.41, 5.74) is -0.900. The topological polar surface area (TPSA) is 86.8 Å². The van der Waals surface area contributed by atoms with Crippen molar-refractivity contribution in [1.29, 1.82) is 0 Å². The second-order valence-corrected chi connectivity index (χ2v) is 5.82. The summed E-state index contributed by atoms with van der Waals surface area (Å²) >= 11 is 0. The average Bonchev–Trinajstić information content (AvgIpc) is 2.80. The van der Waals surface area contributed by atoms with Crippen LogP contribution in [-0.2, 0) is 0 Å². The molecule has 0 radical (unpaired) electrons. The SMILES string of the molecule is Cc1oc(C(C)C)nc1C(=O)N1CCCC(O)(CO)C1. The summed E-state index contributed by atoms with van der Waals surface area (Å²) in [5.74, 6) is 0.910. The molecule has 0 spiro atoms. The zero-order valence-electron chi connectivity index (χ0n) is 12.2. The van der Waals surface area contributed by atoms with Crippen LogP contribution in [0.15, 0.2) is 4.42 Å². The molecule has 112 valence electrons. The summed E-state index contributed by atoms with van der Waals surface area (Å²) in [4.78, 5) is 18.3. The number of aliphatic hydroxyl groups is 2. The molecule has 0 aromatic carbocycles. The largest absolute Gasteiger partial charge is 0.445 e. The first-order chi connectivity index (χ1) is 9.36. The van der Waals surface area contributed by atoms with Gasteiger partial charge < -0.3 is 19.5 Å². The maximum Gasteiger partial charge on any atom is 0.276 e. The molecular formula is C14H22N2O4. The normalized spacial score (nSPS) is 23.4. The fraction of sp³-hybridized carbons (Fsp3) is 0.714. The molecule has 0 bridgehead atoms. The van der Waals surface area contributed by atoms with Crippen molar-refractivity contribution >= 4 is 5.91 Å². The second kappa shape index (κ2) is 5.54. The van der Waals surface area contributed by atoms with E-state index < -0.39 is 5.60 Å². The summed E-state index contributed by atoms with van der Waals surface area (Å²) in [6.45, 7) is 5.96. The van der Waals surface area contributed by atoms with Crippen molar-refractivity contribution in [3.63, 3.8) is 0 Å². The molecule has 6 heteroatoms. The highest BCUT2D eigenvalue weighted by atomic mass is 16.4. The second-order valence-electron chi connectivity index (χ2n) is 5.82. The van der Waals surface area contributed by atoms with Gasteiger partial charge in [-0.15, -0.1) is 0 Å². The Hall–Kier alpha value is -1.40. The Bertz CT molecular complexity index is 497. The van der Waals surface area contributed by atoms with E-state index in [1.165, 1.54) is 4.90 Å². The van der Waals surface area contributed by atoms with Crippen LogP contribution in [0.3, 0.4) is 0 Å². The quantitative estimate of drug-likeness (QED) is 0.866. The van der Waals surface area contributed by atoms with Gasteiger partial charge >= 0.3 is 0 Å². The number of aliphatic hydroxyl groups excluding tert-OH is 1. The van der Waals surface area contributed by atoms with Crippen LogP contribution >= 0.6 is 0 Å². The number of likely N-dealkylation sites (tertiary alicyclic amines) is 1. The first-order valence-corrected chi connectivity index (χ1v) is 6.96. The highest BCUT2D eigenvalue weighted by Crippen LogP contribution is 2.24. The Morgan fingerprint density at radius 3 is 2.80 bits per heavy atom. The van der Waals surface area contributed by atoms with E-state index in [1.807, 2.05) is 13.8 Å². The number of nitrogens with zero attached hydrogens (tertiary/aromatic N) is 2. The molecule has 1 unspecified atom stereocenters. The first-order valence-electron chi connectivity index (χ1n) is 6.96. The van der Waals surface area contributed by atoms with Gasteiger partial charge in [0.2, 0.25) is 0 Å². The van der Waals surface area contributed by atoms with E-state index in [4.69, 9.17) is 4.42 Å². The van der Waals surface area contributed by atoms with Gasteiger partial charge in [-0.05, 0) is 19.8 Å². The molecular weight excluding hydrogens is 260 g/mol. The summed E-state index contributed by atoms with van der Waals surface area (Å²) in [5, 5.41) is 19.4. The molecule has 1 aliphatic heterocycles. The van der Waals surface area contributed by atoms with Crippen molar-refractivity contribution in [3.8, 4) is 0 Å². The van der Waals surface area contributed by atoms with Gasteiger partial charge in [-0.25, -0.2) is 4.98 Å². The number of piperidine rings is 1. The fourth-order valence-electron chi connectivity index (χ4n) is 2.43. The van der Waals surface area contributed by atoms with Crippen LogP contribution in [0.5, 0.6) is 0 Å². The lowest BCUT2D eigenvalue weighted by molar-refractivity contribution is -0.0599. The lowest BCUT2D eigenvalue weighted by Gasteiger charge is -2.37. The highest BCUT2D eigenvalue weighted by molar-refractivity contribution is 5.93. The summed E-state index contributed by atoms with van der Waals surface area (Å²) in [6.07, 6.45) is 1.17. The van der Waals surface area contributed by atoms with Crippen LogP contribution in [0.2, 0.25) is 0 Å². The Morgan fingerprint density at radius 2 is 2.25 bits per heavy atom. The van der Waals surface area contributed by atoms with Gasteiger partial charge in [-0.1, -0.05) is 13.8 Å². The van der Waals surface area contributed by atoms with Gasteiger partial charge in [0, 0.05) is 12.5 Å². The monoisotopic (exact) mass is 282 g/mol. The minimum Gasteiger partial charge on any atom is -0.445 e. The Kier molecular flexibility index (Phi) is 4.15. The molecule has 20 heavy (non-hydrogen) atoms. The number of amides is 1. The summed E-state index contributed by atoms with van der Waals surface area (Å²) in [6, 6.07) is 0. The minimum absolute atomic E-state index is 0.117. The number of aryl methyl sites for hydroxylation is 1. The molecule has 0 saturated carbocycles. The smallest absolute Gasteiger partial charge is 0.276 e. The van der Waals surface area contributed by atoms with Crippen molar-refractivity contribution in [1.82, 2.24) is 9.88 Å². The molecule has 1 atom stereocenters. The lowest BCUT2D eigenvalue weighted by atomic mass is 9.93. The third-order valence-corrected chi connectivity index (χ3v) is 3.65. The van der Waals surface area contributed by atoms with Crippen LogP contribution in [-0.4, -0.2) is 51.3 Å². The molecule has 1 aromatic rings. The number of carbonyl (C=O) groups excluding carboxylic acids is 1. The molecule has 1 aromatic heterocycles. The van der Waals surface area contributed by atoms with E-state index in [1.54, 1.807) is 6.92 Å². The van der Waals surface area contributed by atoms with Gasteiger partial charge in [0.1, 0.15) is 11.4 Å². The Morgan fingerprint density at radius 1 is 1.55 bits per heavy atom. The molecule has 2 rings (SSSR count). The lowest BCUT2D eigenvalue weighted by Crippen LogP contribution is -2.52. The van der Waals surface area contributed by atoms with Crippen molar-refractivity contribution in [2.24, 2.45) is 0 Å². The predicted molar refractivity (Wildman–Crippen MR) is 72.5 cm³/mol. The highest BCUT2D eigenvalue weighted by Gasteiger charge is 2.36. The van der Waals surface area contributed by atoms with Crippen LogP contribution in [0.4, 0.5) is 0 Å². The molecule has 2 N–H and O–H groups in total. The van der Waals surface area contributed by atoms with Crippen LogP contribution in [0, 0.1) is 6.92 Å². The third kappa shape index (κ3) is 2.86. The number of rotatable bonds is 3. The standard InChI is InChI=1S/C14H22N2O4/c1-9(2)12-15-11(10(3)20-12)13(18)16-6-4-5-14(19,7-16)8-17/h9,17,19H,4-8H2,1-3H3. The number of oxazole rings is 1. The number of β-amino-alcohol motifs (C(OH)–C–C–N with tert-alkyl or cyclic N) is 1. The van der Waals surface area contributed by atoms with Gasteiger partial charge in [0.05, 0.1) is 13.2 Å². The summed E-state index contributed by atoms with van der Waals surface area (Å²) < 4.78 is 5.50. The zero-order valence-corrected chi connectivity index (χ0v) is 12.2. The zero-order chi connectivity index (χ0) is 14.9. The minimum atomic E-state index is -1.20. The van der Waals surface area contributed by atoms with Crippen LogP contribution in [0.1, 0.15) is 54.7 Å². The average molecular weight is 282 g/mol. The maximum absolute atomic E-state index is 12.5. The van der Waals surface area contributed by atoms with Crippen molar-refractivity contribution < 1.29 is 19.4 Å². The molecule has 2 heterocycles. The molecule has 0 aliphatic carbocycles. The molecule has 1 amide bonds. The number of hydrogen-bond donors (Lipinski definition) is 2. The van der Waals surface area contributed by atoms with Crippen molar-refractivity contribution in [2.45, 2.75) is 45.1 Å². The molecule has 1 aliphatic rings. The van der Waals surface area contributed by atoms with Crippen LogP contribution in [0.25, 0.3) is 0 Å².